The fourth-order valence-corrected chi connectivity index (χ4v) is 5.60. The van der Waals surface area contributed by atoms with E-state index in [4.69, 9.17) is 4.74 Å². The van der Waals surface area contributed by atoms with Crippen LogP contribution in [0.3, 0.4) is 0 Å². The molecule has 0 radical (unpaired) electrons. The topological polar surface area (TPSA) is 31.2 Å². The van der Waals surface area contributed by atoms with Crippen LogP contribution in [0.2, 0.25) is 0 Å². The van der Waals surface area contributed by atoms with E-state index in [2.05, 4.69) is 67.8 Å². The van der Waals surface area contributed by atoms with Gasteiger partial charge < -0.3 is 9.30 Å². The van der Waals surface area contributed by atoms with Crippen molar-refractivity contribution in [1.82, 2.24) is 4.57 Å². The number of ether oxygens (including phenoxy) is 1. The predicted octanol–water partition coefficient (Wildman–Crippen LogP) is 7.22. The SMILES string of the molecule is COC(=O)C1=Cc2ccccc2-c2c(C3CCCCC3)c3ccc(C(C)(C)C)cc3n2C1. The Labute approximate surface area is 191 Å². The first-order chi connectivity index (χ1) is 15.4. The highest BCUT2D eigenvalue weighted by Gasteiger charge is 2.30. The first-order valence-electron chi connectivity index (χ1n) is 11.9. The van der Waals surface area contributed by atoms with E-state index in [9.17, 15) is 4.79 Å². The lowest BCUT2D eigenvalue weighted by Gasteiger charge is -2.24. The van der Waals surface area contributed by atoms with Gasteiger partial charge in [-0.25, -0.2) is 4.79 Å². The molecule has 0 amide bonds. The fraction of sp³-hybridized carbons (Fsp3) is 0.414. The van der Waals surface area contributed by atoms with Crippen molar-refractivity contribution in [2.24, 2.45) is 0 Å². The van der Waals surface area contributed by atoms with Crippen molar-refractivity contribution in [3.05, 3.63) is 64.7 Å². The van der Waals surface area contributed by atoms with Gasteiger partial charge in [-0.15, -0.1) is 0 Å². The minimum absolute atomic E-state index is 0.0631. The van der Waals surface area contributed by atoms with Gasteiger partial charge in [-0.2, -0.15) is 0 Å². The average molecular weight is 428 g/mol. The maximum atomic E-state index is 12.7. The van der Waals surface area contributed by atoms with Gasteiger partial charge in [0, 0.05) is 16.5 Å². The Morgan fingerprint density at radius 1 is 1.03 bits per heavy atom. The second-order valence-corrected chi connectivity index (χ2v) is 10.4. The van der Waals surface area contributed by atoms with E-state index in [1.54, 1.807) is 0 Å². The molecular formula is C29H33NO2. The third kappa shape index (κ3) is 3.48. The number of esters is 1. The minimum Gasteiger partial charge on any atom is -0.466 e. The predicted molar refractivity (Wildman–Crippen MR) is 132 cm³/mol. The third-order valence-corrected chi connectivity index (χ3v) is 7.30. The number of fused-ring (bicyclic) bond motifs is 5. The van der Waals surface area contributed by atoms with Crippen LogP contribution in [0.1, 0.15) is 75.5 Å². The molecular weight excluding hydrogens is 394 g/mol. The molecule has 3 nitrogen and oxygen atoms in total. The van der Waals surface area contributed by atoms with Crippen LogP contribution in [0.25, 0.3) is 28.2 Å². The van der Waals surface area contributed by atoms with E-state index < -0.39 is 0 Å². The lowest BCUT2D eigenvalue weighted by atomic mass is 9.81. The zero-order chi connectivity index (χ0) is 22.5. The van der Waals surface area contributed by atoms with Crippen LogP contribution in [-0.4, -0.2) is 17.6 Å². The second-order valence-electron chi connectivity index (χ2n) is 10.4. The first-order valence-corrected chi connectivity index (χ1v) is 11.9. The molecule has 166 valence electrons. The second kappa shape index (κ2) is 7.95. The third-order valence-electron chi connectivity index (χ3n) is 7.30. The Balaban J connectivity index is 1.85. The van der Waals surface area contributed by atoms with Gasteiger partial charge in [0.05, 0.1) is 24.9 Å². The Hall–Kier alpha value is -2.81. The van der Waals surface area contributed by atoms with Crippen LogP contribution in [0.5, 0.6) is 0 Å². The molecule has 1 aromatic heterocycles. The van der Waals surface area contributed by atoms with Crippen molar-refractivity contribution in [2.75, 3.05) is 7.11 Å². The molecule has 0 N–H and O–H groups in total. The lowest BCUT2D eigenvalue weighted by Crippen LogP contribution is -2.13. The number of benzene rings is 2. The van der Waals surface area contributed by atoms with Crippen molar-refractivity contribution < 1.29 is 9.53 Å². The van der Waals surface area contributed by atoms with Gasteiger partial charge in [0.1, 0.15) is 0 Å². The van der Waals surface area contributed by atoms with E-state index >= 15 is 0 Å². The summed E-state index contributed by atoms with van der Waals surface area (Å²) >= 11 is 0. The van der Waals surface area contributed by atoms with Crippen LogP contribution in [-0.2, 0) is 21.5 Å². The first kappa shape index (κ1) is 21.1. The summed E-state index contributed by atoms with van der Waals surface area (Å²) in [7, 11) is 1.47. The van der Waals surface area contributed by atoms with Gasteiger partial charge in [0.15, 0.2) is 0 Å². The van der Waals surface area contributed by atoms with E-state index in [0.717, 1.165) is 5.56 Å². The summed E-state index contributed by atoms with van der Waals surface area (Å²) in [4.78, 5) is 12.7. The number of nitrogens with zero attached hydrogens (tertiary/aromatic N) is 1. The lowest BCUT2D eigenvalue weighted by molar-refractivity contribution is -0.136. The van der Waals surface area contributed by atoms with Crippen molar-refractivity contribution >= 4 is 22.9 Å². The molecule has 0 saturated heterocycles. The van der Waals surface area contributed by atoms with Crippen molar-refractivity contribution in [3.8, 4) is 11.3 Å². The van der Waals surface area contributed by atoms with Gasteiger partial charge in [0.2, 0.25) is 0 Å². The number of hydrogen-bond donors (Lipinski definition) is 0. The molecule has 1 aliphatic carbocycles. The van der Waals surface area contributed by atoms with Crippen LogP contribution < -0.4 is 0 Å². The van der Waals surface area contributed by atoms with E-state index in [1.165, 1.54) is 72.5 Å². The monoisotopic (exact) mass is 427 g/mol. The average Bonchev–Trinajstić information content (AvgIpc) is 3.01. The Bertz CT molecular complexity index is 1220. The molecule has 1 fully saturated rings. The molecule has 0 bridgehead atoms. The molecule has 3 heteroatoms. The van der Waals surface area contributed by atoms with Crippen LogP contribution in [0, 0.1) is 0 Å². The molecule has 0 unspecified atom stereocenters. The molecule has 1 saturated carbocycles. The molecule has 0 atom stereocenters. The number of carbonyl (C=O) groups is 1. The van der Waals surface area contributed by atoms with E-state index in [0.29, 0.717) is 18.0 Å². The van der Waals surface area contributed by atoms with Gasteiger partial charge in [-0.05, 0) is 53.0 Å². The largest absolute Gasteiger partial charge is 0.466 e. The van der Waals surface area contributed by atoms with Crippen molar-refractivity contribution in [1.29, 1.82) is 0 Å². The van der Waals surface area contributed by atoms with Gasteiger partial charge >= 0.3 is 5.97 Å². The van der Waals surface area contributed by atoms with Crippen molar-refractivity contribution in [3.63, 3.8) is 0 Å². The van der Waals surface area contributed by atoms with Crippen molar-refractivity contribution in [2.45, 2.75) is 70.8 Å². The summed E-state index contributed by atoms with van der Waals surface area (Å²) in [6.07, 6.45) is 8.44. The highest BCUT2D eigenvalue weighted by atomic mass is 16.5. The Morgan fingerprint density at radius 3 is 2.50 bits per heavy atom. The van der Waals surface area contributed by atoms with Crippen LogP contribution in [0.15, 0.2) is 48.0 Å². The van der Waals surface area contributed by atoms with Crippen LogP contribution >= 0.6 is 0 Å². The molecule has 2 heterocycles. The van der Waals surface area contributed by atoms with E-state index in [-0.39, 0.29) is 11.4 Å². The highest BCUT2D eigenvalue weighted by Crippen LogP contribution is 2.47. The number of hydrogen-bond acceptors (Lipinski definition) is 2. The quantitative estimate of drug-likeness (QED) is 0.404. The molecule has 5 rings (SSSR count). The van der Waals surface area contributed by atoms with Crippen LogP contribution in [0.4, 0.5) is 0 Å². The summed E-state index contributed by atoms with van der Waals surface area (Å²) in [5.74, 6) is 0.316. The smallest absolute Gasteiger partial charge is 0.335 e. The van der Waals surface area contributed by atoms with E-state index in [1.807, 2.05) is 6.08 Å². The normalized spacial score (nSPS) is 16.8. The Morgan fingerprint density at radius 2 is 1.78 bits per heavy atom. The number of rotatable bonds is 2. The molecule has 2 aromatic carbocycles. The van der Waals surface area contributed by atoms with Gasteiger partial charge in [0.25, 0.3) is 0 Å². The molecule has 3 aromatic rings. The minimum atomic E-state index is -0.249. The molecule has 2 aliphatic rings. The number of carbonyl (C=O) groups excluding carboxylic acids is 1. The molecule has 0 spiro atoms. The summed E-state index contributed by atoms with van der Waals surface area (Å²) < 4.78 is 7.56. The zero-order valence-electron chi connectivity index (χ0n) is 19.7. The van der Waals surface area contributed by atoms with Gasteiger partial charge in [-0.3, -0.25) is 0 Å². The molecule has 1 aliphatic heterocycles. The molecule has 32 heavy (non-hydrogen) atoms. The summed E-state index contributed by atoms with van der Waals surface area (Å²) in [6, 6.07) is 15.5. The highest BCUT2D eigenvalue weighted by molar-refractivity contribution is 6.00. The summed E-state index contributed by atoms with van der Waals surface area (Å²) in [6.45, 7) is 7.32. The maximum absolute atomic E-state index is 12.7. The number of methoxy groups -OCH3 is 1. The zero-order valence-corrected chi connectivity index (χ0v) is 19.7. The Kier molecular flexibility index (Phi) is 5.23. The number of aromatic nitrogens is 1. The fourth-order valence-electron chi connectivity index (χ4n) is 5.60. The summed E-state index contributed by atoms with van der Waals surface area (Å²) in [5, 5.41) is 1.35. The maximum Gasteiger partial charge on any atom is 0.335 e. The summed E-state index contributed by atoms with van der Waals surface area (Å²) in [5.41, 5.74) is 8.42. The standard InChI is InChI=1S/C29H33NO2/c1-29(2,3)22-14-15-24-25(17-22)30-18-21(28(31)32-4)16-20-12-8-9-13-23(20)27(30)26(24)19-10-6-5-7-11-19/h8-9,12-17,19H,5-7,10-11,18H2,1-4H3. The van der Waals surface area contributed by atoms with Gasteiger partial charge in [-0.1, -0.05) is 76.4 Å².